The molecule has 146 valence electrons. The maximum absolute atomic E-state index is 12.5. The van der Waals surface area contributed by atoms with Crippen LogP contribution in [0.25, 0.3) is 17.2 Å². The minimum absolute atomic E-state index is 0.401. The zero-order valence-corrected chi connectivity index (χ0v) is 16.6. The molecule has 1 N–H and O–H groups in total. The van der Waals surface area contributed by atoms with Crippen molar-refractivity contribution in [2.24, 2.45) is 0 Å². The standard InChI is InChI=1S/C24H20ClNO3/c1-17(29-23(27)16-13-18-11-14-20(25)15-12-18)24(28)26-22-10-6-5-9-21(22)19-7-3-2-4-8-19/h2-17H,1H3,(H,26,28)/b16-13+/t17-/m1/s1. The molecule has 3 aromatic rings. The number of carbonyl (C=O) groups is 2. The van der Waals surface area contributed by atoms with Crippen LogP contribution in [0.2, 0.25) is 5.02 Å². The maximum Gasteiger partial charge on any atom is 0.331 e. The van der Waals surface area contributed by atoms with Crippen LogP contribution in [-0.2, 0) is 14.3 Å². The van der Waals surface area contributed by atoms with Crippen LogP contribution in [0.3, 0.4) is 0 Å². The van der Waals surface area contributed by atoms with Crippen molar-refractivity contribution in [3.05, 3.63) is 95.5 Å². The fourth-order valence-electron chi connectivity index (χ4n) is 2.70. The van der Waals surface area contributed by atoms with Gasteiger partial charge in [0.15, 0.2) is 6.10 Å². The first-order valence-electron chi connectivity index (χ1n) is 9.12. The third-order valence-electron chi connectivity index (χ3n) is 4.21. The van der Waals surface area contributed by atoms with Gasteiger partial charge in [-0.25, -0.2) is 4.79 Å². The van der Waals surface area contributed by atoms with Crippen LogP contribution in [0.4, 0.5) is 5.69 Å². The summed E-state index contributed by atoms with van der Waals surface area (Å²) in [6.07, 6.45) is 1.94. The molecule has 1 atom stereocenters. The largest absolute Gasteiger partial charge is 0.449 e. The summed E-state index contributed by atoms with van der Waals surface area (Å²) in [7, 11) is 0. The predicted octanol–water partition coefficient (Wildman–Crippen LogP) is 5.59. The summed E-state index contributed by atoms with van der Waals surface area (Å²) < 4.78 is 5.21. The van der Waals surface area contributed by atoms with Crippen LogP contribution in [-0.4, -0.2) is 18.0 Å². The van der Waals surface area contributed by atoms with Crippen molar-refractivity contribution in [2.45, 2.75) is 13.0 Å². The SMILES string of the molecule is C[C@@H](OC(=O)/C=C/c1ccc(Cl)cc1)C(=O)Nc1ccccc1-c1ccccc1. The summed E-state index contributed by atoms with van der Waals surface area (Å²) in [6.45, 7) is 1.54. The van der Waals surface area contributed by atoms with E-state index in [-0.39, 0.29) is 0 Å². The van der Waals surface area contributed by atoms with E-state index in [9.17, 15) is 9.59 Å². The molecule has 3 aromatic carbocycles. The van der Waals surface area contributed by atoms with E-state index in [0.717, 1.165) is 16.7 Å². The second-order valence-corrected chi connectivity index (χ2v) is 6.80. The summed E-state index contributed by atoms with van der Waals surface area (Å²) in [4.78, 5) is 24.5. The lowest BCUT2D eigenvalue weighted by molar-refractivity contribution is -0.148. The van der Waals surface area contributed by atoms with Gasteiger partial charge >= 0.3 is 5.97 Å². The fourth-order valence-corrected chi connectivity index (χ4v) is 2.83. The molecule has 0 spiro atoms. The smallest absolute Gasteiger partial charge is 0.331 e. The number of carbonyl (C=O) groups excluding carboxylic acids is 2. The molecule has 0 aliphatic rings. The number of halogens is 1. The molecule has 0 radical (unpaired) electrons. The van der Waals surface area contributed by atoms with Gasteiger partial charge in [0, 0.05) is 22.3 Å². The van der Waals surface area contributed by atoms with E-state index in [4.69, 9.17) is 16.3 Å². The molecule has 29 heavy (non-hydrogen) atoms. The van der Waals surface area contributed by atoms with E-state index in [0.29, 0.717) is 10.7 Å². The number of nitrogens with one attached hydrogen (secondary N) is 1. The zero-order chi connectivity index (χ0) is 20.6. The number of ether oxygens (including phenoxy) is 1. The van der Waals surface area contributed by atoms with Crippen molar-refractivity contribution in [3.8, 4) is 11.1 Å². The Morgan fingerprint density at radius 3 is 2.31 bits per heavy atom. The molecule has 0 saturated carbocycles. The number of rotatable bonds is 6. The molecule has 0 saturated heterocycles. The summed E-state index contributed by atoms with van der Waals surface area (Å²) in [5, 5.41) is 3.46. The quantitative estimate of drug-likeness (QED) is 0.429. The maximum atomic E-state index is 12.5. The predicted molar refractivity (Wildman–Crippen MR) is 117 cm³/mol. The van der Waals surface area contributed by atoms with Crippen molar-refractivity contribution in [3.63, 3.8) is 0 Å². The van der Waals surface area contributed by atoms with Gasteiger partial charge in [0.1, 0.15) is 0 Å². The third kappa shape index (κ3) is 5.80. The van der Waals surface area contributed by atoms with Crippen LogP contribution >= 0.6 is 11.6 Å². The normalized spacial score (nSPS) is 11.8. The van der Waals surface area contributed by atoms with Gasteiger partial charge in [0.25, 0.3) is 5.91 Å². The number of anilines is 1. The highest BCUT2D eigenvalue weighted by atomic mass is 35.5. The molecule has 0 aromatic heterocycles. The van der Waals surface area contributed by atoms with E-state index in [1.165, 1.54) is 13.0 Å². The van der Waals surface area contributed by atoms with Gasteiger partial charge in [0.2, 0.25) is 0 Å². The summed E-state index contributed by atoms with van der Waals surface area (Å²) in [5.74, 6) is -0.999. The summed E-state index contributed by atoms with van der Waals surface area (Å²) in [5.41, 5.74) is 3.34. The Bertz CT molecular complexity index is 1010. The van der Waals surface area contributed by atoms with Crippen LogP contribution in [0, 0.1) is 0 Å². The Kier molecular flexibility index (Phi) is 6.82. The summed E-state index contributed by atoms with van der Waals surface area (Å²) in [6, 6.07) is 24.2. The van der Waals surface area contributed by atoms with Gasteiger partial charge in [0.05, 0.1) is 0 Å². The van der Waals surface area contributed by atoms with Gasteiger partial charge in [-0.05, 0) is 42.3 Å². The number of benzene rings is 3. The highest BCUT2D eigenvalue weighted by molar-refractivity contribution is 6.30. The van der Waals surface area contributed by atoms with E-state index in [1.54, 1.807) is 30.3 Å². The molecular weight excluding hydrogens is 386 g/mol. The zero-order valence-electron chi connectivity index (χ0n) is 15.8. The topological polar surface area (TPSA) is 55.4 Å². The molecule has 0 fully saturated rings. The van der Waals surface area contributed by atoms with Gasteiger partial charge in [-0.2, -0.15) is 0 Å². The first-order chi connectivity index (χ1) is 14.0. The average Bonchev–Trinajstić information content (AvgIpc) is 2.74. The Balaban J connectivity index is 1.62. The molecule has 3 rings (SSSR count). The number of hydrogen-bond acceptors (Lipinski definition) is 3. The lowest BCUT2D eigenvalue weighted by Crippen LogP contribution is -2.29. The van der Waals surface area contributed by atoms with Gasteiger partial charge in [-0.15, -0.1) is 0 Å². The van der Waals surface area contributed by atoms with Crippen molar-refractivity contribution >= 4 is 35.2 Å². The fraction of sp³-hybridized carbons (Fsp3) is 0.0833. The number of esters is 1. The van der Waals surface area contributed by atoms with Crippen molar-refractivity contribution in [1.29, 1.82) is 0 Å². The van der Waals surface area contributed by atoms with Gasteiger partial charge in [-0.3, -0.25) is 4.79 Å². The van der Waals surface area contributed by atoms with E-state index in [1.807, 2.05) is 54.6 Å². The Labute approximate surface area is 174 Å². The first-order valence-corrected chi connectivity index (χ1v) is 9.50. The van der Waals surface area contributed by atoms with E-state index in [2.05, 4.69) is 5.32 Å². The minimum atomic E-state index is -0.943. The first kappa shape index (κ1) is 20.4. The van der Waals surface area contributed by atoms with E-state index >= 15 is 0 Å². The third-order valence-corrected chi connectivity index (χ3v) is 4.47. The van der Waals surface area contributed by atoms with Crippen LogP contribution < -0.4 is 5.32 Å². The summed E-state index contributed by atoms with van der Waals surface area (Å²) >= 11 is 5.83. The Hall–Kier alpha value is -3.37. The molecule has 0 bridgehead atoms. The Morgan fingerprint density at radius 1 is 0.931 bits per heavy atom. The van der Waals surface area contributed by atoms with Crippen molar-refractivity contribution in [1.82, 2.24) is 0 Å². The highest BCUT2D eigenvalue weighted by Crippen LogP contribution is 2.27. The Morgan fingerprint density at radius 2 is 1.59 bits per heavy atom. The molecule has 4 nitrogen and oxygen atoms in total. The van der Waals surface area contributed by atoms with Gasteiger partial charge < -0.3 is 10.1 Å². The van der Waals surface area contributed by atoms with Crippen molar-refractivity contribution < 1.29 is 14.3 Å². The van der Waals surface area contributed by atoms with Gasteiger partial charge in [-0.1, -0.05) is 72.3 Å². The minimum Gasteiger partial charge on any atom is -0.449 e. The monoisotopic (exact) mass is 405 g/mol. The molecule has 5 heteroatoms. The average molecular weight is 406 g/mol. The lowest BCUT2D eigenvalue weighted by atomic mass is 10.0. The van der Waals surface area contributed by atoms with Crippen LogP contribution in [0.1, 0.15) is 12.5 Å². The molecular formula is C24H20ClNO3. The molecule has 1 amide bonds. The van der Waals surface area contributed by atoms with Crippen LogP contribution in [0.15, 0.2) is 84.9 Å². The number of amides is 1. The number of hydrogen-bond donors (Lipinski definition) is 1. The molecule has 0 heterocycles. The highest BCUT2D eigenvalue weighted by Gasteiger charge is 2.18. The lowest BCUT2D eigenvalue weighted by Gasteiger charge is -2.15. The second kappa shape index (κ2) is 9.71. The molecule has 0 aliphatic carbocycles. The molecule has 0 unspecified atom stereocenters. The second-order valence-electron chi connectivity index (χ2n) is 6.36. The number of para-hydroxylation sites is 1. The van der Waals surface area contributed by atoms with Crippen molar-refractivity contribution in [2.75, 3.05) is 5.32 Å². The van der Waals surface area contributed by atoms with E-state index < -0.39 is 18.0 Å². The van der Waals surface area contributed by atoms with Crippen LogP contribution in [0.5, 0.6) is 0 Å². The molecule has 0 aliphatic heterocycles.